The highest BCUT2D eigenvalue weighted by Gasteiger charge is 2.41. The zero-order chi connectivity index (χ0) is 21.8. The standard InChI is InChI=1S/C25H35N3O2S/c1-4-20-6-5-7-21(16-20)8-11-27-12-9-25(10-13-27)18-28(14-15-30-25)24(29)22-17-31-23(26-22)19(2)3/h5-7,16-17,19H,4,8-15,18H2,1-3H3. The normalized spacial score (nSPS) is 19.3. The van der Waals surface area contributed by atoms with Crippen molar-refractivity contribution in [3.05, 3.63) is 51.5 Å². The van der Waals surface area contributed by atoms with E-state index in [0.717, 1.165) is 50.3 Å². The van der Waals surface area contributed by atoms with Crippen LogP contribution in [0.25, 0.3) is 0 Å². The van der Waals surface area contributed by atoms with E-state index in [0.29, 0.717) is 31.3 Å². The van der Waals surface area contributed by atoms with Crippen LogP contribution >= 0.6 is 11.3 Å². The number of carbonyl (C=O) groups excluding carboxylic acids is 1. The molecular weight excluding hydrogens is 406 g/mol. The van der Waals surface area contributed by atoms with Crippen LogP contribution in [0.3, 0.4) is 0 Å². The van der Waals surface area contributed by atoms with Gasteiger partial charge in [0.05, 0.1) is 23.8 Å². The summed E-state index contributed by atoms with van der Waals surface area (Å²) in [6.45, 7) is 11.6. The SMILES string of the molecule is CCc1cccc(CCN2CCC3(CC2)CN(C(=O)c2csc(C(C)C)n2)CCO3)c1. The van der Waals surface area contributed by atoms with Gasteiger partial charge in [-0.3, -0.25) is 4.79 Å². The maximum atomic E-state index is 13.0. The van der Waals surface area contributed by atoms with Crippen LogP contribution in [0.5, 0.6) is 0 Å². The van der Waals surface area contributed by atoms with Gasteiger partial charge in [0.25, 0.3) is 5.91 Å². The number of ether oxygens (including phenoxy) is 1. The lowest BCUT2D eigenvalue weighted by Crippen LogP contribution is -2.58. The van der Waals surface area contributed by atoms with Crippen LogP contribution in [-0.2, 0) is 17.6 Å². The number of thiazole rings is 1. The number of aromatic nitrogens is 1. The molecule has 31 heavy (non-hydrogen) atoms. The third-order valence-corrected chi connectivity index (χ3v) is 7.80. The summed E-state index contributed by atoms with van der Waals surface area (Å²) in [5, 5.41) is 2.94. The van der Waals surface area contributed by atoms with Crippen molar-refractivity contribution in [2.75, 3.05) is 39.3 Å². The van der Waals surface area contributed by atoms with Crippen molar-refractivity contribution in [2.24, 2.45) is 0 Å². The molecule has 4 rings (SSSR count). The first-order valence-corrected chi connectivity index (χ1v) is 12.5. The van der Waals surface area contributed by atoms with Crippen molar-refractivity contribution in [1.82, 2.24) is 14.8 Å². The fraction of sp³-hybridized carbons (Fsp3) is 0.600. The van der Waals surface area contributed by atoms with Crippen LogP contribution in [0, 0.1) is 0 Å². The number of piperidine rings is 1. The maximum Gasteiger partial charge on any atom is 0.273 e. The van der Waals surface area contributed by atoms with Gasteiger partial charge in [0.2, 0.25) is 0 Å². The molecule has 1 amide bonds. The summed E-state index contributed by atoms with van der Waals surface area (Å²) in [6.07, 6.45) is 4.15. The molecule has 2 aliphatic rings. The molecule has 0 unspecified atom stereocenters. The second kappa shape index (κ2) is 9.80. The molecule has 0 saturated carbocycles. The van der Waals surface area contributed by atoms with Gasteiger partial charge in [-0.1, -0.05) is 45.0 Å². The smallest absolute Gasteiger partial charge is 0.273 e. The summed E-state index contributed by atoms with van der Waals surface area (Å²) >= 11 is 1.59. The highest BCUT2D eigenvalue weighted by Crippen LogP contribution is 2.31. The zero-order valence-electron chi connectivity index (χ0n) is 19.1. The van der Waals surface area contributed by atoms with Crippen LogP contribution in [-0.4, -0.2) is 65.6 Å². The van der Waals surface area contributed by atoms with E-state index in [1.807, 2.05) is 10.3 Å². The molecule has 2 aliphatic heterocycles. The van der Waals surface area contributed by atoms with Gasteiger partial charge < -0.3 is 14.5 Å². The van der Waals surface area contributed by atoms with E-state index in [2.05, 4.69) is 54.9 Å². The number of morpholine rings is 1. The Kier molecular flexibility index (Phi) is 7.09. The van der Waals surface area contributed by atoms with Crippen LogP contribution in [0.1, 0.15) is 66.2 Å². The van der Waals surface area contributed by atoms with Crippen LogP contribution in [0.4, 0.5) is 0 Å². The second-order valence-corrected chi connectivity index (χ2v) is 10.1. The molecule has 6 heteroatoms. The van der Waals surface area contributed by atoms with E-state index in [9.17, 15) is 4.79 Å². The van der Waals surface area contributed by atoms with Gasteiger partial charge in [0.15, 0.2) is 0 Å². The number of hydrogen-bond acceptors (Lipinski definition) is 5. The summed E-state index contributed by atoms with van der Waals surface area (Å²) in [7, 11) is 0. The second-order valence-electron chi connectivity index (χ2n) is 9.25. The first kappa shape index (κ1) is 22.4. The molecule has 0 N–H and O–H groups in total. The Hall–Kier alpha value is -1.76. The van der Waals surface area contributed by atoms with Gasteiger partial charge in [-0.15, -0.1) is 11.3 Å². The van der Waals surface area contributed by atoms with E-state index in [4.69, 9.17) is 4.74 Å². The summed E-state index contributed by atoms with van der Waals surface area (Å²) in [4.78, 5) is 22.1. The number of amides is 1. The molecule has 1 aromatic carbocycles. The lowest BCUT2D eigenvalue weighted by atomic mass is 9.89. The topological polar surface area (TPSA) is 45.7 Å². The molecule has 3 heterocycles. The van der Waals surface area contributed by atoms with E-state index in [1.54, 1.807) is 11.3 Å². The van der Waals surface area contributed by atoms with Gasteiger partial charge in [0.1, 0.15) is 5.69 Å². The minimum Gasteiger partial charge on any atom is -0.371 e. The average Bonchev–Trinajstić information content (AvgIpc) is 3.29. The van der Waals surface area contributed by atoms with Crippen LogP contribution in [0.15, 0.2) is 29.6 Å². The molecule has 2 saturated heterocycles. The Balaban J connectivity index is 1.30. The maximum absolute atomic E-state index is 13.0. The van der Waals surface area contributed by atoms with Crippen molar-refractivity contribution in [2.45, 2.75) is 58.0 Å². The van der Waals surface area contributed by atoms with E-state index < -0.39 is 0 Å². The molecule has 0 bridgehead atoms. The Morgan fingerprint density at radius 1 is 1.23 bits per heavy atom. The minimum atomic E-state index is -0.191. The minimum absolute atomic E-state index is 0.0593. The molecule has 5 nitrogen and oxygen atoms in total. The summed E-state index contributed by atoms with van der Waals surface area (Å²) in [6, 6.07) is 8.95. The highest BCUT2D eigenvalue weighted by molar-refractivity contribution is 7.09. The number of benzene rings is 1. The van der Waals surface area contributed by atoms with Gasteiger partial charge in [-0.05, 0) is 36.8 Å². The number of hydrogen-bond donors (Lipinski definition) is 0. The van der Waals surface area contributed by atoms with Crippen molar-refractivity contribution < 1.29 is 9.53 Å². The molecule has 0 radical (unpaired) electrons. The van der Waals surface area contributed by atoms with E-state index >= 15 is 0 Å². The average molecular weight is 442 g/mol. The predicted molar refractivity (Wildman–Crippen MR) is 126 cm³/mol. The molecular formula is C25H35N3O2S. The predicted octanol–water partition coefficient (Wildman–Crippen LogP) is 4.38. The van der Waals surface area contributed by atoms with Crippen LogP contribution in [0.2, 0.25) is 0 Å². The molecule has 1 aromatic heterocycles. The quantitative estimate of drug-likeness (QED) is 0.667. The third-order valence-electron chi connectivity index (χ3n) is 6.65. The van der Waals surface area contributed by atoms with Gasteiger partial charge in [-0.2, -0.15) is 0 Å². The Labute approximate surface area is 190 Å². The van der Waals surface area contributed by atoms with Gasteiger partial charge >= 0.3 is 0 Å². The summed E-state index contributed by atoms with van der Waals surface area (Å²) < 4.78 is 6.27. The molecule has 168 valence electrons. The largest absolute Gasteiger partial charge is 0.371 e. The van der Waals surface area contributed by atoms with Gasteiger partial charge in [-0.25, -0.2) is 4.98 Å². The Morgan fingerprint density at radius 2 is 2.00 bits per heavy atom. The highest BCUT2D eigenvalue weighted by atomic mass is 32.1. The zero-order valence-corrected chi connectivity index (χ0v) is 19.9. The van der Waals surface area contributed by atoms with Crippen molar-refractivity contribution in [3.63, 3.8) is 0 Å². The lowest BCUT2D eigenvalue weighted by Gasteiger charge is -2.47. The van der Waals surface area contributed by atoms with E-state index in [-0.39, 0.29) is 11.5 Å². The number of aryl methyl sites for hydroxylation is 1. The molecule has 2 aromatic rings. The number of nitrogens with zero attached hydrogens (tertiary/aromatic N) is 3. The van der Waals surface area contributed by atoms with Crippen molar-refractivity contribution in [3.8, 4) is 0 Å². The third kappa shape index (κ3) is 5.36. The lowest BCUT2D eigenvalue weighted by molar-refractivity contribution is -0.127. The Bertz CT molecular complexity index is 886. The number of carbonyl (C=O) groups is 1. The van der Waals surface area contributed by atoms with Gasteiger partial charge in [0, 0.05) is 37.5 Å². The van der Waals surface area contributed by atoms with E-state index in [1.165, 1.54) is 11.1 Å². The van der Waals surface area contributed by atoms with Crippen molar-refractivity contribution in [1.29, 1.82) is 0 Å². The number of likely N-dealkylation sites (tertiary alicyclic amines) is 1. The monoisotopic (exact) mass is 441 g/mol. The molecule has 2 fully saturated rings. The first-order chi connectivity index (χ1) is 15.0. The van der Waals surface area contributed by atoms with Crippen LogP contribution < -0.4 is 0 Å². The summed E-state index contributed by atoms with van der Waals surface area (Å²) in [5.41, 5.74) is 3.24. The number of rotatable bonds is 6. The molecule has 0 atom stereocenters. The Morgan fingerprint density at radius 3 is 2.71 bits per heavy atom. The molecule has 1 spiro atoms. The first-order valence-electron chi connectivity index (χ1n) is 11.7. The molecule has 0 aliphatic carbocycles. The summed E-state index contributed by atoms with van der Waals surface area (Å²) in [5.74, 6) is 0.417. The van der Waals surface area contributed by atoms with Crippen molar-refractivity contribution >= 4 is 17.2 Å². The fourth-order valence-electron chi connectivity index (χ4n) is 4.61. The fourth-order valence-corrected chi connectivity index (χ4v) is 5.42.